The molecule has 0 aromatic heterocycles. The van der Waals surface area contributed by atoms with Gasteiger partial charge in [0.25, 0.3) is 0 Å². The Morgan fingerprint density at radius 3 is 2.72 bits per heavy atom. The van der Waals surface area contributed by atoms with E-state index in [-0.39, 0.29) is 17.4 Å². The van der Waals surface area contributed by atoms with Crippen molar-refractivity contribution in [1.82, 2.24) is 0 Å². The number of hydrogen-bond acceptors (Lipinski definition) is 2. The average molecular weight is 247 g/mol. The van der Waals surface area contributed by atoms with Crippen LogP contribution in [0.15, 0.2) is 12.2 Å². The zero-order valence-electron chi connectivity index (χ0n) is 11.4. The van der Waals surface area contributed by atoms with Crippen molar-refractivity contribution < 1.29 is 5.11 Å². The molecule has 2 rings (SSSR count). The minimum absolute atomic E-state index is 0.166. The largest absolute Gasteiger partial charge is 0.392 e. The molecule has 2 heteroatoms. The Labute approximate surface area is 111 Å². The first-order valence-electron chi connectivity index (χ1n) is 7.44. The van der Waals surface area contributed by atoms with E-state index in [0.717, 1.165) is 32.1 Å². The Hall–Kier alpha value is -0.810. The summed E-state index contributed by atoms with van der Waals surface area (Å²) in [6, 6.07) is 2.36. The van der Waals surface area contributed by atoms with Crippen molar-refractivity contribution in [2.75, 3.05) is 0 Å². The van der Waals surface area contributed by atoms with E-state index < -0.39 is 0 Å². The maximum atomic E-state index is 10.3. The molecule has 0 aromatic carbocycles. The summed E-state index contributed by atoms with van der Waals surface area (Å²) < 4.78 is 0. The minimum Gasteiger partial charge on any atom is -0.392 e. The molecule has 3 atom stereocenters. The van der Waals surface area contributed by atoms with Crippen molar-refractivity contribution >= 4 is 0 Å². The molecule has 0 aliphatic heterocycles. The molecule has 0 bridgehead atoms. The van der Waals surface area contributed by atoms with Crippen molar-refractivity contribution in [3.05, 3.63) is 12.2 Å². The molecular weight excluding hydrogens is 222 g/mol. The van der Waals surface area contributed by atoms with Crippen LogP contribution in [0.3, 0.4) is 0 Å². The topological polar surface area (TPSA) is 44.0 Å². The van der Waals surface area contributed by atoms with Gasteiger partial charge in [-0.05, 0) is 56.3 Å². The van der Waals surface area contributed by atoms with Gasteiger partial charge in [0.1, 0.15) is 0 Å². The van der Waals surface area contributed by atoms with Crippen LogP contribution in [0.2, 0.25) is 0 Å². The summed E-state index contributed by atoms with van der Waals surface area (Å²) in [5, 5.41) is 19.1. The van der Waals surface area contributed by atoms with Crippen LogP contribution in [0.25, 0.3) is 0 Å². The zero-order valence-corrected chi connectivity index (χ0v) is 11.4. The normalized spacial score (nSPS) is 32.1. The summed E-state index contributed by atoms with van der Waals surface area (Å²) in [5.41, 5.74) is 0.217. The highest BCUT2D eigenvalue weighted by Crippen LogP contribution is 2.47. The average Bonchev–Trinajstić information content (AvgIpc) is 2.76. The molecule has 2 aliphatic carbocycles. The summed E-state index contributed by atoms with van der Waals surface area (Å²) in [7, 11) is 0. The standard InChI is InChI=1S/C16H25NO/c1-2-16(9-4-10-16)15(18)6-3-5-13-7-8-14(11-13)12-17/h3,5,13-15,18H,2,4,6-11H2,1H3/b5-3+/t13?,14-,15?/m1/s1. The van der Waals surface area contributed by atoms with Crippen molar-refractivity contribution in [3.8, 4) is 6.07 Å². The summed E-state index contributed by atoms with van der Waals surface area (Å²) >= 11 is 0. The maximum absolute atomic E-state index is 10.3. The lowest BCUT2D eigenvalue weighted by atomic mass is 9.63. The van der Waals surface area contributed by atoms with Gasteiger partial charge in [-0.25, -0.2) is 0 Å². The molecule has 0 heterocycles. The fourth-order valence-corrected chi connectivity index (χ4v) is 3.51. The zero-order chi connectivity index (χ0) is 13.0. The van der Waals surface area contributed by atoms with E-state index in [2.05, 4.69) is 25.1 Å². The number of aliphatic hydroxyl groups excluding tert-OH is 1. The maximum Gasteiger partial charge on any atom is 0.0656 e. The van der Waals surface area contributed by atoms with Gasteiger partial charge in [-0.2, -0.15) is 5.26 Å². The van der Waals surface area contributed by atoms with Crippen molar-refractivity contribution in [2.24, 2.45) is 17.3 Å². The van der Waals surface area contributed by atoms with E-state index in [0.29, 0.717) is 5.92 Å². The van der Waals surface area contributed by atoms with Crippen molar-refractivity contribution in [3.63, 3.8) is 0 Å². The lowest BCUT2D eigenvalue weighted by Gasteiger charge is -2.45. The number of rotatable bonds is 5. The van der Waals surface area contributed by atoms with Gasteiger partial charge in [-0.1, -0.05) is 25.5 Å². The minimum atomic E-state index is -0.166. The molecule has 0 spiro atoms. The van der Waals surface area contributed by atoms with E-state index in [1.54, 1.807) is 0 Å². The Kier molecular flexibility index (Phi) is 4.45. The van der Waals surface area contributed by atoms with E-state index in [1.165, 1.54) is 19.3 Å². The summed E-state index contributed by atoms with van der Waals surface area (Å²) in [6.07, 6.45) is 13.0. The number of nitrogens with zero attached hydrogens (tertiary/aromatic N) is 1. The molecule has 0 aromatic rings. The molecule has 2 nitrogen and oxygen atoms in total. The number of hydrogen-bond donors (Lipinski definition) is 1. The van der Waals surface area contributed by atoms with E-state index in [4.69, 9.17) is 5.26 Å². The molecular formula is C16H25NO. The Balaban J connectivity index is 1.76. The fraction of sp³-hybridized carbons (Fsp3) is 0.812. The van der Waals surface area contributed by atoms with Crippen molar-refractivity contribution in [2.45, 2.75) is 64.4 Å². The van der Waals surface area contributed by atoms with Gasteiger partial charge in [-0.3, -0.25) is 0 Å². The van der Waals surface area contributed by atoms with Gasteiger partial charge in [0.05, 0.1) is 12.2 Å². The van der Waals surface area contributed by atoms with Gasteiger partial charge in [0, 0.05) is 5.92 Å². The van der Waals surface area contributed by atoms with Crippen molar-refractivity contribution in [1.29, 1.82) is 5.26 Å². The molecule has 2 saturated carbocycles. The third kappa shape index (κ3) is 2.78. The Bertz CT molecular complexity index is 332. The third-order valence-electron chi connectivity index (χ3n) is 5.18. The second-order valence-corrected chi connectivity index (χ2v) is 6.15. The third-order valence-corrected chi connectivity index (χ3v) is 5.18. The second kappa shape index (κ2) is 5.89. The van der Waals surface area contributed by atoms with Crippen LogP contribution in [0.5, 0.6) is 0 Å². The first kappa shape index (κ1) is 13.6. The predicted molar refractivity (Wildman–Crippen MR) is 72.8 cm³/mol. The van der Waals surface area contributed by atoms with Crippen LogP contribution in [-0.4, -0.2) is 11.2 Å². The van der Waals surface area contributed by atoms with Crippen LogP contribution < -0.4 is 0 Å². The lowest BCUT2D eigenvalue weighted by Crippen LogP contribution is -2.40. The first-order chi connectivity index (χ1) is 8.70. The van der Waals surface area contributed by atoms with Gasteiger partial charge in [-0.15, -0.1) is 0 Å². The highest BCUT2D eigenvalue weighted by molar-refractivity contribution is 5.01. The molecule has 2 fully saturated rings. The molecule has 0 radical (unpaired) electrons. The molecule has 0 saturated heterocycles. The molecule has 18 heavy (non-hydrogen) atoms. The first-order valence-corrected chi connectivity index (χ1v) is 7.44. The number of allylic oxidation sites excluding steroid dienone is 1. The van der Waals surface area contributed by atoms with E-state index in [9.17, 15) is 5.11 Å². The Morgan fingerprint density at radius 1 is 1.44 bits per heavy atom. The lowest BCUT2D eigenvalue weighted by molar-refractivity contribution is -0.0355. The summed E-state index contributed by atoms with van der Waals surface area (Å²) in [6.45, 7) is 2.20. The quantitative estimate of drug-likeness (QED) is 0.751. The van der Waals surface area contributed by atoms with Crippen LogP contribution in [0, 0.1) is 28.6 Å². The Morgan fingerprint density at radius 2 is 2.22 bits per heavy atom. The van der Waals surface area contributed by atoms with Crippen LogP contribution in [0.1, 0.15) is 58.3 Å². The van der Waals surface area contributed by atoms with E-state index >= 15 is 0 Å². The summed E-state index contributed by atoms with van der Waals surface area (Å²) in [4.78, 5) is 0. The molecule has 0 amide bonds. The number of aliphatic hydroxyl groups is 1. The smallest absolute Gasteiger partial charge is 0.0656 e. The SMILES string of the molecule is CCC1(C(O)C/C=C/C2CC[C@@H](C#N)C2)CCC1. The van der Waals surface area contributed by atoms with Gasteiger partial charge in [0.15, 0.2) is 0 Å². The summed E-state index contributed by atoms with van der Waals surface area (Å²) in [5.74, 6) is 0.832. The van der Waals surface area contributed by atoms with E-state index in [1.807, 2.05) is 0 Å². The van der Waals surface area contributed by atoms with Crippen LogP contribution >= 0.6 is 0 Å². The molecule has 1 N–H and O–H groups in total. The highest BCUT2D eigenvalue weighted by Gasteiger charge is 2.40. The van der Waals surface area contributed by atoms with Crippen LogP contribution in [0.4, 0.5) is 0 Å². The molecule has 2 unspecified atom stereocenters. The number of nitriles is 1. The van der Waals surface area contributed by atoms with Gasteiger partial charge < -0.3 is 5.11 Å². The van der Waals surface area contributed by atoms with Crippen LogP contribution in [-0.2, 0) is 0 Å². The molecule has 100 valence electrons. The molecule has 2 aliphatic rings. The predicted octanol–water partition coefficient (Wildman–Crippen LogP) is 3.81. The van der Waals surface area contributed by atoms with Gasteiger partial charge in [0.2, 0.25) is 0 Å². The fourth-order valence-electron chi connectivity index (χ4n) is 3.51. The highest BCUT2D eigenvalue weighted by atomic mass is 16.3. The van der Waals surface area contributed by atoms with Gasteiger partial charge >= 0.3 is 0 Å². The second-order valence-electron chi connectivity index (χ2n) is 6.15. The monoisotopic (exact) mass is 247 g/mol.